The first-order valence-electron chi connectivity index (χ1n) is 12.4. The van der Waals surface area contributed by atoms with Crippen LogP contribution in [0.15, 0.2) is 52.5 Å². The van der Waals surface area contributed by atoms with E-state index in [1.54, 1.807) is 6.07 Å². The molecule has 218 valence electrons. The third-order valence-corrected chi connectivity index (χ3v) is 6.92. The molecule has 1 aliphatic heterocycles. The Balaban J connectivity index is 1.42. The normalized spacial score (nSPS) is 13.1. The molecule has 0 aliphatic carbocycles. The average Bonchev–Trinajstić information content (AvgIpc) is 3.39. The van der Waals surface area contributed by atoms with Gasteiger partial charge in [0.1, 0.15) is 5.82 Å². The van der Waals surface area contributed by atoms with E-state index in [2.05, 4.69) is 25.5 Å². The molecule has 2 aromatic carbocycles. The number of aryl methyl sites for hydroxylation is 1. The molecule has 0 spiro atoms. The van der Waals surface area contributed by atoms with Gasteiger partial charge in [0.05, 0.1) is 35.7 Å². The number of rotatable bonds is 9. The van der Waals surface area contributed by atoms with Crippen LogP contribution in [0, 0.1) is 28.7 Å². The number of aromatic amines is 1. The van der Waals surface area contributed by atoms with E-state index < -0.39 is 34.0 Å². The maximum atomic E-state index is 15.2. The smallest absolute Gasteiger partial charge is 0.343 e. The second kappa shape index (κ2) is 12.4. The number of nitrogens with one attached hydrogen (secondary N) is 2. The van der Waals surface area contributed by atoms with Crippen molar-refractivity contribution in [1.29, 1.82) is 0 Å². The zero-order valence-corrected chi connectivity index (χ0v) is 23.0. The predicted molar refractivity (Wildman–Crippen MR) is 147 cm³/mol. The maximum absolute atomic E-state index is 15.2. The lowest BCUT2D eigenvalue weighted by molar-refractivity contribution is -0.387. The lowest BCUT2D eigenvalue weighted by Gasteiger charge is -2.29. The number of hydrogen-bond acceptors (Lipinski definition) is 12. The topological polar surface area (TPSA) is 158 Å². The summed E-state index contributed by atoms with van der Waals surface area (Å²) in [6.07, 6.45) is 0. The van der Waals surface area contributed by atoms with E-state index in [0.717, 1.165) is 35.7 Å². The Hall–Kier alpha value is -4.83. The van der Waals surface area contributed by atoms with Gasteiger partial charge < -0.3 is 24.4 Å². The largest absolute Gasteiger partial charge is 0.490 e. The number of nitro benzene ring substituents is 1. The molecule has 13 nitrogen and oxygen atoms in total. The van der Waals surface area contributed by atoms with Crippen molar-refractivity contribution in [3.05, 3.63) is 75.5 Å². The van der Waals surface area contributed by atoms with Crippen molar-refractivity contribution >= 4 is 40.9 Å². The summed E-state index contributed by atoms with van der Waals surface area (Å²) in [6, 6.07) is 8.45. The quantitative estimate of drug-likeness (QED) is 0.0903. The van der Waals surface area contributed by atoms with E-state index in [4.69, 9.17) is 14.2 Å². The fourth-order valence-corrected chi connectivity index (χ4v) is 4.77. The van der Waals surface area contributed by atoms with Crippen LogP contribution in [-0.2, 0) is 4.74 Å². The number of carbonyl (C=O) groups excluding carboxylic acids is 1. The molecule has 2 N–H and O–H groups in total. The number of benzene rings is 2. The average molecular weight is 600 g/mol. The Morgan fingerprint density at radius 3 is 2.64 bits per heavy atom. The third kappa shape index (κ3) is 6.23. The van der Waals surface area contributed by atoms with Crippen LogP contribution in [0.4, 0.5) is 31.9 Å². The highest BCUT2D eigenvalue weighted by Crippen LogP contribution is 2.39. The maximum Gasteiger partial charge on any atom is 0.343 e. The van der Waals surface area contributed by atoms with Gasteiger partial charge in [0.2, 0.25) is 11.6 Å². The molecule has 1 aliphatic rings. The van der Waals surface area contributed by atoms with E-state index in [9.17, 15) is 19.3 Å². The van der Waals surface area contributed by atoms with Crippen molar-refractivity contribution in [2.75, 3.05) is 43.6 Å². The third-order valence-electron chi connectivity index (χ3n) is 6.01. The number of carbonyl (C=O) groups is 1. The molecule has 0 amide bonds. The summed E-state index contributed by atoms with van der Waals surface area (Å²) in [5.41, 5.74) is -0.267. The van der Waals surface area contributed by atoms with Gasteiger partial charge in [0.15, 0.2) is 28.4 Å². The number of ether oxygens (including phenoxy) is 3. The fourth-order valence-electron chi connectivity index (χ4n) is 4.02. The molecule has 0 bridgehead atoms. The van der Waals surface area contributed by atoms with Gasteiger partial charge in [-0.1, -0.05) is 6.07 Å². The number of nitrogens with zero attached hydrogens (tertiary/aromatic N) is 5. The zero-order chi connectivity index (χ0) is 29.8. The second-order valence-electron chi connectivity index (χ2n) is 8.86. The van der Waals surface area contributed by atoms with Crippen molar-refractivity contribution < 1.29 is 32.7 Å². The molecule has 4 aromatic rings. The van der Waals surface area contributed by atoms with Gasteiger partial charge in [-0.15, -0.1) is 0 Å². The van der Waals surface area contributed by atoms with Crippen molar-refractivity contribution in [1.82, 2.24) is 20.2 Å². The number of anilines is 3. The van der Waals surface area contributed by atoms with E-state index in [-0.39, 0.29) is 15.6 Å². The summed E-state index contributed by atoms with van der Waals surface area (Å²) in [6.45, 7) is 3.93. The van der Waals surface area contributed by atoms with Crippen molar-refractivity contribution in [2.24, 2.45) is 0 Å². The minimum absolute atomic E-state index is 0.0905. The molecule has 2 aromatic heterocycles. The standard InChI is InChI=1S/C26H23F2N7O6S/c1-14-12-20(33-32-14)29-23-22(39-2)24(34-8-10-40-11-9-34)31-26(30-23)42-19-7-6-15(13-16(19)27)25(36)41-18-5-3-4-17(21(18)28)35(37)38/h3-7,12-13H,8-11H2,1-2H3,(H2,29,30,31,32,33). The number of H-pyrrole nitrogens is 1. The summed E-state index contributed by atoms with van der Waals surface area (Å²) in [4.78, 5) is 33.8. The number of methoxy groups -OCH3 is 1. The summed E-state index contributed by atoms with van der Waals surface area (Å²) in [7, 11) is 1.49. The first-order chi connectivity index (χ1) is 20.2. The fraction of sp³-hybridized carbons (Fsp3) is 0.231. The first kappa shape index (κ1) is 28.7. The van der Waals surface area contributed by atoms with Gasteiger partial charge in [-0.25, -0.2) is 19.2 Å². The molecular formula is C26H23F2N7O6S. The lowest BCUT2D eigenvalue weighted by Crippen LogP contribution is -2.37. The van der Waals surface area contributed by atoms with Crippen LogP contribution in [0.25, 0.3) is 0 Å². The van der Waals surface area contributed by atoms with Crippen LogP contribution in [0.2, 0.25) is 0 Å². The Kier molecular flexibility index (Phi) is 8.44. The number of morpholine rings is 1. The number of aromatic nitrogens is 4. The molecule has 5 rings (SSSR count). The van der Waals surface area contributed by atoms with Crippen LogP contribution < -0.4 is 19.7 Å². The van der Waals surface area contributed by atoms with E-state index in [0.29, 0.717) is 49.5 Å². The molecular weight excluding hydrogens is 576 g/mol. The minimum atomic E-state index is -1.31. The Bertz CT molecular complexity index is 1650. The number of hydrogen-bond donors (Lipinski definition) is 2. The van der Waals surface area contributed by atoms with Gasteiger partial charge in [-0.3, -0.25) is 15.2 Å². The van der Waals surface area contributed by atoms with Crippen molar-refractivity contribution in [3.8, 4) is 11.5 Å². The molecule has 0 unspecified atom stereocenters. The van der Waals surface area contributed by atoms with E-state index in [1.807, 2.05) is 11.8 Å². The zero-order valence-electron chi connectivity index (χ0n) is 22.2. The number of esters is 1. The van der Waals surface area contributed by atoms with Crippen LogP contribution in [0.5, 0.6) is 11.5 Å². The Morgan fingerprint density at radius 2 is 1.98 bits per heavy atom. The van der Waals surface area contributed by atoms with Gasteiger partial charge in [0, 0.05) is 30.9 Å². The van der Waals surface area contributed by atoms with Crippen LogP contribution in [-0.4, -0.2) is 64.5 Å². The SMILES string of the molecule is COc1c(Nc2cc(C)[nH]n2)nc(Sc2ccc(C(=O)Oc3cccc([N+](=O)[O-])c3F)cc2F)nc1N1CCOCC1. The molecule has 0 atom stereocenters. The van der Waals surface area contributed by atoms with Crippen LogP contribution in [0.3, 0.4) is 0 Å². The number of nitro groups is 1. The Labute approximate surface area is 241 Å². The highest BCUT2D eigenvalue weighted by molar-refractivity contribution is 7.99. The monoisotopic (exact) mass is 599 g/mol. The minimum Gasteiger partial charge on any atom is -0.490 e. The highest BCUT2D eigenvalue weighted by atomic mass is 32.2. The lowest BCUT2D eigenvalue weighted by atomic mass is 10.2. The predicted octanol–water partition coefficient (Wildman–Crippen LogP) is 4.65. The molecule has 3 heterocycles. The van der Waals surface area contributed by atoms with Crippen molar-refractivity contribution in [2.45, 2.75) is 17.0 Å². The van der Waals surface area contributed by atoms with Gasteiger partial charge in [0.25, 0.3) is 0 Å². The van der Waals surface area contributed by atoms with E-state index in [1.165, 1.54) is 25.3 Å². The summed E-state index contributed by atoms with van der Waals surface area (Å²) >= 11 is 0.908. The van der Waals surface area contributed by atoms with Gasteiger partial charge in [-0.2, -0.15) is 9.49 Å². The Morgan fingerprint density at radius 1 is 1.19 bits per heavy atom. The summed E-state index contributed by atoms with van der Waals surface area (Å²) in [5.74, 6) is -2.21. The molecule has 1 fully saturated rings. The number of halogens is 2. The molecule has 42 heavy (non-hydrogen) atoms. The van der Waals surface area contributed by atoms with Crippen LogP contribution >= 0.6 is 11.8 Å². The van der Waals surface area contributed by atoms with Crippen LogP contribution in [0.1, 0.15) is 16.1 Å². The summed E-state index contributed by atoms with van der Waals surface area (Å²) in [5, 5.41) is 21.3. The highest BCUT2D eigenvalue weighted by Gasteiger charge is 2.25. The van der Waals surface area contributed by atoms with Gasteiger partial charge in [-0.05, 0) is 43.0 Å². The van der Waals surface area contributed by atoms with Gasteiger partial charge >= 0.3 is 11.7 Å². The molecule has 1 saturated heterocycles. The second-order valence-corrected chi connectivity index (χ2v) is 9.86. The van der Waals surface area contributed by atoms with Crippen molar-refractivity contribution in [3.63, 3.8) is 0 Å². The molecule has 0 radical (unpaired) electrons. The molecule has 0 saturated carbocycles. The first-order valence-corrected chi connectivity index (χ1v) is 13.3. The van der Waals surface area contributed by atoms with E-state index >= 15 is 4.39 Å². The molecule has 16 heteroatoms. The summed E-state index contributed by atoms with van der Waals surface area (Å²) < 4.78 is 45.6.